The van der Waals surface area contributed by atoms with Crippen molar-refractivity contribution in [2.24, 2.45) is 0 Å². The highest BCUT2D eigenvalue weighted by Gasteiger charge is 2.14. The zero-order valence-corrected chi connectivity index (χ0v) is 5.94. The minimum atomic E-state index is 0.750. The number of fused-ring (bicyclic) bond motifs is 1. The molecule has 0 radical (unpaired) electrons. The maximum atomic E-state index is 8.35. The molecule has 1 aromatic rings. The summed E-state index contributed by atoms with van der Waals surface area (Å²) >= 11 is 1.86. The Morgan fingerprint density at radius 1 is 1.30 bits per heavy atom. The van der Waals surface area contributed by atoms with Gasteiger partial charge in [0.15, 0.2) is 0 Å². The lowest BCUT2D eigenvalue weighted by atomic mass is 10.4. The van der Waals surface area contributed by atoms with Gasteiger partial charge in [-0.2, -0.15) is 0 Å². The van der Waals surface area contributed by atoms with Crippen LogP contribution in [-0.2, 0) is 4.79 Å². The van der Waals surface area contributed by atoms with E-state index in [1.54, 1.807) is 0 Å². The van der Waals surface area contributed by atoms with Gasteiger partial charge in [0.25, 0.3) is 0 Å². The molecule has 0 atom stereocenters. The predicted molar refractivity (Wildman–Crippen MR) is 39.0 cm³/mol. The fourth-order valence-corrected chi connectivity index (χ4v) is 1.23. The van der Waals surface area contributed by atoms with E-state index in [0.717, 1.165) is 6.08 Å². The second-order valence-electron chi connectivity index (χ2n) is 1.65. The molecule has 0 aliphatic carbocycles. The molecule has 10 heavy (non-hydrogen) atoms. The van der Waals surface area contributed by atoms with Crippen LogP contribution in [0, 0.1) is 5.41 Å². The third kappa shape index (κ3) is 1.72. The normalized spacial score (nSPS) is 10.0. The van der Waals surface area contributed by atoms with Gasteiger partial charge >= 0.3 is 0 Å². The van der Waals surface area contributed by atoms with Crippen LogP contribution in [0.25, 0.3) is 0 Å². The molecule has 0 amide bonds. The molecule has 1 aliphatic rings. The van der Waals surface area contributed by atoms with Crippen molar-refractivity contribution in [1.29, 1.82) is 5.41 Å². The van der Waals surface area contributed by atoms with Gasteiger partial charge in [-0.05, 0) is 12.1 Å². The average Bonchev–Trinajstić information content (AvgIpc) is 2.66. The van der Waals surface area contributed by atoms with Crippen LogP contribution in [0.3, 0.4) is 0 Å². The Bertz CT molecular complexity index is 245. The Labute approximate surface area is 62.8 Å². The van der Waals surface area contributed by atoms with E-state index >= 15 is 0 Å². The topological polar surface area (TPSA) is 40.9 Å². The van der Waals surface area contributed by atoms with E-state index in [0.29, 0.717) is 0 Å². The molecule has 2 nitrogen and oxygen atoms in total. The van der Waals surface area contributed by atoms with Crippen molar-refractivity contribution in [3.05, 3.63) is 24.3 Å². The summed E-state index contributed by atoms with van der Waals surface area (Å²) < 4.78 is 0. The second kappa shape index (κ2) is 3.20. The fourth-order valence-electron chi connectivity index (χ4n) is 0.611. The molecule has 0 fully saturated rings. The highest BCUT2D eigenvalue weighted by Crippen LogP contribution is 2.47. The monoisotopic (exact) mass is 151 g/mol. The molecule has 1 heterocycles. The van der Waals surface area contributed by atoms with Crippen molar-refractivity contribution in [2.45, 2.75) is 9.79 Å². The van der Waals surface area contributed by atoms with E-state index < -0.39 is 0 Å². The highest BCUT2D eigenvalue weighted by atomic mass is 32.2. The van der Waals surface area contributed by atoms with Crippen LogP contribution in [0.4, 0.5) is 0 Å². The van der Waals surface area contributed by atoms with E-state index in [-0.39, 0.29) is 0 Å². The van der Waals surface area contributed by atoms with Gasteiger partial charge in [0.2, 0.25) is 6.08 Å². The maximum absolute atomic E-state index is 8.35. The SMILES string of the molecule is N=C=O.c1ccc2c(c1)S2. The first-order valence-electron chi connectivity index (χ1n) is 2.69. The summed E-state index contributed by atoms with van der Waals surface area (Å²) in [5, 5.41) is 5.40. The van der Waals surface area contributed by atoms with E-state index in [4.69, 9.17) is 10.2 Å². The van der Waals surface area contributed by atoms with Gasteiger partial charge in [0, 0.05) is 9.79 Å². The van der Waals surface area contributed by atoms with Gasteiger partial charge in [-0.1, -0.05) is 23.9 Å². The Morgan fingerprint density at radius 3 is 2.00 bits per heavy atom. The quantitative estimate of drug-likeness (QED) is 0.355. The Balaban J connectivity index is 0.000000148. The molecular weight excluding hydrogens is 146 g/mol. The fraction of sp³-hybridized carbons (Fsp3) is 0. The van der Waals surface area contributed by atoms with Gasteiger partial charge in [-0.25, -0.2) is 10.2 Å². The van der Waals surface area contributed by atoms with E-state index in [1.807, 2.05) is 11.8 Å². The second-order valence-corrected chi connectivity index (χ2v) is 2.73. The Hall–Kier alpha value is -1.05. The number of rotatable bonds is 0. The molecule has 0 spiro atoms. The standard InChI is InChI=1S/C6H4S.CHNO/c1-2-4-6-5(3-1)7-6;2-1-3/h1-4H;2H. The zero-order chi connectivity index (χ0) is 7.40. The molecule has 50 valence electrons. The average molecular weight is 151 g/mol. The summed E-state index contributed by atoms with van der Waals surface area (Å²) in [5.41, 5.74) is 0. The lowest BCUT2D eigenvalue weighted by Gasteiger charge is -1.66. The summed E-state index contributed by atoms with van der Waals surface area (Å²) in [4.78, 5) is 11.2. The molecule has 1 N–H and O–H groups in total. The third-order valence-corrected chi connectivity index (χ3v) is 1.98. The molecule has 0 unspecified atom stereocenters. The summed E-state index contributed by atoms with van der Waals surface area (Å²) in [6.07, 6.45) is 0.750. The van der Waals surface area contributed by atoms with Crippen LogP contribution in [0.5, 0.6) is 0 Å². The molecule has 3 heteroatoms. The van der Waals surface area contributed by atoms with E-state index in [1.165, 1.54) is 9.79 Å². The summed E-state index contributed by atoms with van der Waals surface area (Å²) in [6, 6.07) is 8.41. The summed E-state index contributed by atoms with van der Waals surface area (Å²) in [6.45, 7) is 0. The number of benzene rings is 1. The van der Waals surface area contributed by atoms with E-state index in [9.17, 15) is 0 Å². The number of hydrogen-bond acceptors (Lipinski definition) is 3. The van der Waals surface area contributed by atoms with Crippen LogP contribution < -0.4 is 0 Å². The molecule has 0 saturated carbocycles. The lowest BCUT2D eigenvalue weighted by molar-refractivity contribution is 0.563. The minimum Gasteiger partial charge on any atom is -0.222 e. The summed E-state index contributed by atoms with van der Waals surface area (Å²) in [5.74, 6) is 0. The first-order chi connectivity index (χ1) is 4.88. The van der Waals surface area contributed by atoms with Crippen molar-refractivity contribution >= 4 is 17.8 Å². The van der Waals surface area contributed by atoms with Crippen LogP contribution in [0.15, 0.2) is 34.1 Å². The lowest BCUT2D eigenvalue weighted by Crippen LogP contribution is -1.46. The molecular formula is C7H5NOS. The van der Waals surface area contributed by atoms with Crippen LogP contribution in [0.2, 0.25) is 0 Å². The van der Waals surface area contributed by atoms with Crippen molar-refractivity contribution in [3.63, 3.8) is 0 Å². The molecule has 2 rings (SSSR count). The highest BCUT2D eigenvalue weighted by molar-refractivity contribution is 8.04. The van der Waals surface area contributed by atoms with E-state index in [2.05, 4.69) is 24.3 Å². The number of isocyanates is 1. The van der Waals surface area contributed by atoms with Crippen molar-refractivity contribution < 1.29 is 4.79 Å². The molecule has 0 aromatic heterocycles. The van der Waals surface area contributed by atoms with Gasteiger partial charge in [0.1, 0.15) is 0 Å². The maximum Gasteiger partial charge on any atom is 0.231 e. The molecule has 1 aliphatic heterocycles. The van der Waals surface area contributed by atoms with Gasteiger partial charge in [0.05, 0.1) is 0 Å². The number of carbonyl (C=O) groups excluding carboxylic acids is 1. The molecule has 1 aromatic carbocycles. The van der Waals surface area contributed by atoms with Gasteiger partial charge in [-0.3, -0.25) is 0 Å². The van der Waals surface area contributed by atoms with Crippen molar-refractivity contribution in [3.8, 4) is 0 Å². The predicted octanol–water partition coefficient (Wildman–Crippen LogP) is 2.05. The largest absolute Gasteiger partial charge is 0.231 e. The van der Waals surface area contributed by atoms with Gasteiger partial charge in [-0.15, -0.1) is 0 Å². The van der Waals surface area contributed by atoms with Crippen LogP contribution in [-0.4, -0.2) is 6.08 Å². The van der Waals surface area contributed by atoms with Crippen LogP contribution in [0.1, 0.15) is 0 Å². The summed E-state index contributed by atoms with van der Waals surface area (Å²) in [7, 11) is 0. The molecule has 0 bridgehead atoms. The molecule has 0 saturated heterocycles. The Morgan fingerprint density at radius 2 is 1.70 bits per heavy atom. The van der Waals surface area contributed by atoms with Crippen LogP contribution >= 0.6 is 11.8 Å². The zero-order valence-electron chi connectivity index (χ0n) is 5.13. The number of nitrogens with one attached hydrogen (secondary N) is 1. The smallest absolute Gasteiger partial charge is 0.222 e. The van der Waals surface area contributed by atoms with Gasteiger partial charge < -0.3 is 0 Å². The third-order valence-electron chi connectivity index (χ3n) is 1.03. The Kier molecular flexibility index (Phi) is 2.26. The van der Waals surface area contributed by atoms with Crippen molar-refractivity contribution in [1.82, 2.24) is 0 Å². The number of hydrogen-bond donors (Lipinski definition) is 1. The minimum absolute atomic E-state index is 0.750. The first kappa shape index (κ1) is 7.06. The first-order valence-corrected chi connectivity index (χ1v) is 3.51. The van der Waals surface area contributed by atoms with Crippen molar-refractivity contribution in [2.75, 3.05) is 0 Å².